The predicted octanol–water partition coefficient (Wildman–Crippen LogP) is 5.71. The summed E-state index contributed by atoms with van der Waals surface area (Å²) in [6, 6.07) is 10.8. The Kier molecular flexibility index (Phi) is 3.49. The van der Waals surface area contributed by atoms with Gasteiger partial charge in [-0.25, -0.2) is 0 Å². The van der Waals surface area contributed by atoms with E-state index in [2.05, 4.69) is 43.3 Å². The molecule has 24 heavy (non-hydrogen) atoms. The number of carbonyl (C=O) groups is 1. The summed E-state index contributed by atoms with van der Waals surface area (Å²) >= 11 is 1.97. The number of rotatable bonds is 2. The number of ketones is 1. The molecule has 0 saturated heterocycles. The SMILES string of the molecule is C[C@@H]1C[C@@H]2CC(=O)[C@H]3CC=C(Sc4ccccc4)[C@@H]4CC[C@H]2[C@]34C1. The molecule has 1 aromatic carbocycles. The average Bonchev–Trinajstić information content (AvgIpc) is 2.95. The third kappa shape index (κ3) is 2.05. The second-order valence-electron chi connectivity index (χ2n) is 8.63. The van der Waals surface area contributed by atoms with Gasteiger partial charge in [0.05, 0.1) is 0 Å². The Labute approximate surface area is 149 Å². The molecular weight excluding hydrogens is 312 g/mol. The maximum atomic E-state index is 12.9. The molecular formula is C22H26OS. The Hall–Kier alpha value is -1.02. The minimum Gasteiger partial charge on any atom is -0.299 e. The highest BCUT2D eigenvalue weighted by atomic mass is 32.2. The van der Waals surface area contributed by atoms with Crippen molar-refractivity contribution in [1.29, 1.82) is 0 Å². The fraction of sp³-hybridized carbons (Fsp3) is 0.591. The van der Waals surface area contributed by atoms with Gasteiger partial charge in [-0.05, 0) is 78.2 Å². The summed E-state index contributed by atoms with van der Waals surface area (Å²) in [5.74, 6) is 3.86. The van der Waals surface area contributed by atoms with Gasteiger partial charge in [0.2, 0.25) is 0 Å². The Bertz CT molecular complexity index is 693. The zero-order valence-corrected chi connectivity index (χ0v) is 15.2. The maximum Gasteiger partial charge on any atom is 0.137 e. The lowest BCUT2D eigenvalue weighted by Crippen LogP contribution is -2.55. The lowest BCUT2D eigenvalue weighted by molar-refractivity contribution is -0.147. The lowest BCUT2D eigenvalue weighted by atomic mass is 9.46. The van der Waals surface area contributed by atoms with Crippen molar-refractivity contribution in [2.24, 2.45) is 35.0 Å². The summed E-state index contributed by atoms with van der Waals surface area (Å²) in [4.78, 5) is 15.8. The minimum atomic E-state index is 0.309. The zero-order valence-electron chi connectivity index (χ0n) is 14.4. The Morgan fingerprint density at radius 3 is 2.79 bits per heavy atom. The lowest BCUT2D eigenvalue weighted by Gasteiger charge is -2.58. The van der Waals surface area contributed by atoms with Gasteiger partial charge < -0.3 is 0 Å². The Balaban J connectivity index is 1.55. The Morgan fingerprint density at radius 2 is 1.96 bits per heavy atom. The molecule has 2 bridgehead atoms. The highest BCUT2D eigenvalue weighted by Gasteiger charge is 2.64. The summed E-state index contributed by atoms with van der Waals surface area (Å²) in [6.45, 7) is 2.43. The summed E-state index contributed by atoms with van der Waals surface area (Å²) in [7, 11) is 0. The van der Waals surface area contributed by atoms with Crippen molar-refractivity contribution >= 4 is 17.5 Å². The molecule has 126 valence electrons. The first-order valence-electron chi connectivity index (χ1n) is 9.64. The molecule has 0 N–H and O–H groups in total. The van der Waals surface area contributed by atoms with Crippen molar-refractivity contribution in [1.82, 2.24) is 0 Å². The fourth-order valence-electron chi connectivity index (χ4n) is 6.92. The van der Waals surface area contributed by atoms with Crippen LogP contribution in [0.25, 0.3) is 0 Å². The van der Waals surface area contributed by atoms with E-state index in [0.29, 0.717) is 29.0 Å². The fourth-order valence-corrected chi connectivity index (χ4v) is 8.14. The van der Waals surface area contributed by atoms with E-state index >= 15 is 0 Å². The third-order valence-corrected chi connectivity index (χ3v) is 8.65. The third-order valence-electron chi connectivity index (χ3n) is 7.46. The molecule has 0 aromatic heterocycles. The Morgan fingerprint density at radius 1 is 1.12 bits per heavy atom. The van der Waals surface area contributed by atoms with Crippen molar-refractivity contribution in [3.8, 4) is 0 Å². The first-order valence-corrected chi connectivity index (χ1v) is 10.5. The van der Waals surface area contributed by atoms with Crippen molar-refractivity contribution in [2.45, 2.75) is 50.3 Å². The van der Waals surface area contributed by atoms with Crippen LogP contribution in [-0.4, -0.2) is 5.78 Å². The highest BCUT2D eigenvalue weighted by Crippen LogP contribution is 2.70. The quantitative estimate of drug-likeness (QED) is 0.686. The number of Topliss-reactive ketones (excluding diaryl/α,β-unsaturated/α-hetero) is 1. The van der Waals surface area contributed by atoms with E-state index in [9.17, 15) is 4.79 Å². The van der Waals surface area contributed by atoms with E-state index in [0.717, 1.165) is 24.7 Å². The number of benzene rings is 1. The van der Waals surface area contributed by atoms with Gasteiger partial charge in [-0.1, -0.05) is 43.0 Å². The molecule has 0 aliphatic heterocycles. The van der Waals surface area contributed by atoms with Gasteiger partial charge in [0.1, 0.15) is 5.78 Å². The molecule has 4 aliphatic rings. The largest absolute Gasteiger partial charge is 0.299 e. The number of hydrogen-bond donors (Lipinski definition) is 0. The van der Waals surface area contributed by atoms with Crippen LogP contribution in [0.5, 0.6) is 0 Å². The standard InChI is InChI=1S/C22H26OS/c1-14-11-15-12-20(23)18-9-10-21(24-16-5-3-2-4-6-16)19-8-7-17(15)22(18,19)13-14/h2-6,10,14-15,17-19H,7-9,11-13H2,1H3/t14-,15-,17-,18-,19+,22-/m1/s1. The smallest absolute Gasteiger partial charge is 0.137 e. The van der Waals surface area contributed by atoms with Crippen LogP contribution in [0, 0.1) is 35.0 Å². The number of allylic oxidation sites excluding steroid dienone is 2. The van der Waals surface area contributed by atoms with Crippen molar-refractivity contribution in [3.05, 3.63) is 41.3 Å². The van der Waals surface area contributed by atoms with Crippen LogP contribution in [0.3, 0.4) is 0 Å². The van der Waals surface area contributed by atoms with Crippen LogP contribution in [0.4, 0.5) is 0 Å². The number of thioether (sulfide) groups is 1. The molecule has 2 heteroatoms. The van der Waals surface area contributed by atoms with Crippen LogP contribution in [0.2, 0.25) is 0 Å². The molecule has 3 fully saturated rings. The molecule has 4 aliphatic carbocycles. The van der Waals surface area contributed by atoms with Crippen LogP contribution in [-0.2, 0) is 4.79 Å². The molecule has 5 rings (SSSR count). The van der Waals surface area contributed by atoms with Crippen LogP contribution in [0.1, 0.15) is 45.4 Å². The number of hydrogen-bond acceptors (Lipinski definition) is 2. The van der Waals surface area contributed by atoms with Crippen LogP contribution in [0.15, 0.2) is 46.2 Å². The summed E-state index contributed by atoms with van der Waals surface area (Å²) in [5, 5.41) is 0. The molecule has 0 amide bonds. The maximum absolute atomic E-state index is 12.9. The van der Waals surface area contributed by atoms with Gasteiger partial charge in [0.25, 0.3) is 0 Å². The zero-order chi connectivity index (χ0) is 16.3. The van der Waals surface area contributed by atoms with Gasteiger partial charge in [-0.15, -0.1) is 0 Å². The first kappa shape index (κ1) is 15.3. The molecule has 6 atom stereocenters. The van der Waals surface area contributed by atoms with Gasteiger partial charge in [0, 0.05) is 17.2 Å². The van der Waals surface area contributed by atoms with Crippen molar-refractivity contribution in [2.75, 3.05) is 0 Å². The minimum absolute atomic E-state index is 0.309. The second-order valence-corrected chi connectivity index (χ2v) is 9.78. The van der Waals surface area contributed by atoms with Crippen molar-refractivity contribution in [3.63, 3.8) is 0 Å². The molecule has 1 spiro atoms. The normalized spacial score (nSPS) is 43.3. The van der Waals surface area contributed by atoms with E-state index < -0.39 is 0 Å². The summed E-state index contributed by atoms with van der Waals surface area (Å²) in [5.41, 5.74) is 0.309. The van der Waals surface area contributed by atoms with Crippen molar-refractivity contribution < 1.29 is 4.79 Å². The van der Waals surface area contributed by atoms with E-state index in [1.807, 2.05) is 11.8 Å². The van der Waals surface area contributed by atoms with Crippen LogP contribution < -0.4 is 0 Å². The topological polar surface area (TPSA) is 17.1 Å². The monoisotopic (exact) mass is 338 g/mol. The molecule has 1 aromatic rings. The van der Waals surface area contributed by atoms with Gasteiger partial charge in [-0.3, -0.25) is 4.79 Å². The highest BCUT2D eigenvalue weighted by molar-refractivity contribution is 8.03. The summed E-state index contributed by atoms with van der Waals surface area (Å²) < 4.78 is 0. The molecule has 1 nitrogen and oxygen atoms in total. The van der Waals surface area contributed by atoms with E-state index in [1.54, 1.807) is 4.91 Å². The number of carbonyl (C=O) groups excluding carboxylic acids is 1. The van der Waals surface area contributed by atoms with E-state index in [4.69, 9.17) is 0 Å². The second kappa shape index (κ2) is 5.49. The molecule has 0 heterocycles. The van der Waals surface area contributed by atoms with Gasteiger partial charge in [-0.2, -0.15) is 0 Å². The van der Waals surface area contributed by atoms with Gasteiger partial charge >= 0.3 is 0 Å². The first-order chi connectivity index (χ1) is 11.7. The summed E-state index contributed by atoms with van der Waals surface area (Å²) in [6.07, 6.45) is 9.56. The van der Waals surface area contributed by atoms with Gasteiger partial charge in [0.15, 0.2) is 0 Å². The molecule has 0 unspecified atom stereocenters. The molecule has 0 radical (unpaired) electrons. The van der Waals surface area contributed by atoms with E-state index in [1.165, 1.54) is 30.6 Å². The van der Waals surface area contributed by atoms with Crippen LogP contribution >= 0.6 is 11.8 Å². The predicted molar refractivity (Wildman–Crippen MR) is 98.6 cm³/mol. The molecule has 3 saturated carbocycles. The average molecular weight is 339 g/mol. The van der Waals surface area contributed by atoms with E-state index in [-0.39, 0.29) is 0 Å².